The molecule has 0 unspecified atom stereocenters. The number of hydrogen-bond acceptors (Lipinski definition) is 5. The average Bonchev–Trinajstić information content (AvgIpc) is 2.71. The van der Waals surface area contributed by atoms with E-state index in [9.17, 15) is 9.59 Å². The summed E-state index contributed by atoms with van der Waals surface area (Å²) < 4.78 is 15.7. The Kier molecular flexibility index (Phi) is 7.71. The van der Waals surface area contributed by atoms with Crippen LogP contribution in [0.5, 0.6) is 17.2 Å². The number of ether oxygens (including phenoxy) is 3. The standard InChI is InChI=1S/C20H21ClN2O5/c1-13-10-15(6-7-16(13)21)28-12-20(25)23-22-19(24)9-5-14-4-8-17(26-2)18(11-14)27-3/h4-11H,12H2,1-3H3,(H,22,24)(H,23,25). The fraction of sp³-hybridized carbons (Fsp3) is 0.200. The molecule has 0 radical (unpaired) electrons. The summed E-state index contributed by atoms with van der Waals surface area (Å²) in [6, 6.07) is 10.3. The molecule has 148 valence electrons. The third kappa shape index (κ3) is 6.21. The van der Waals surface area contributed by atoms with Gasteiger partial charge in [0.15, 0.2) is 18.1 Å². The highest BCUT2D eigenvalue weighted by molar-refractivity contribution is 6.31. The molecule has 0 saturated carbocycles. The van der Waals surface area contributed by atoms with Crippen molar-refractivity contribution in [3.8, 4) is 17.2 Å². The summed E-state index contributed by atoms with van der Waals surface area (Å²) in [6.07, 6.45) is 2.86. The molecule has 28 heavy (non-hydrogen) atoms. The van der Waals surface area contributed by atoms with Crippen LogP contribution >= 0.6 is 11.6 Å². The monoisotopic (exact) mass is 404 g/mol. The van der Waals surface area contributed by atoms with Crippen molar-refractivity contribution in [1.29, 1.82) is 0 Å². The average molecular weight is 405 g/mol. The van der Waals surface area contributed by atoms with Gasteiger partial charge in [-0.3, -0.25) is 20.4 Å². The first-order valence-corrected chi connectivity index (χ1v) is 8.68. The van der Waals surface area contributed by atoms with Crippen molar-refractivity contribution in [2.75, 3.05) is 20.8 Å². The summed E-state index contributed by atoms with van der Waals surface area (Å²) in [6.45, 7) is 1.58. The zero-order valence-corrected chi connectivity index (χ0v) is 16.5. The fourth-order valence-electron chi connectivity index (χ4n) is 2.19. The Morgan fingerprint density at radius 2 is 1.79 bits per heavy atom. The molecule has 2 rings (SSSR count). The third-order valence-electron chi connectivity index (χ3n) is 3.66. The summed E-state index contributed by atoms with van der Waals surface area (Å²) in [5.74, 6) is 0.655. The van der Waals surface area contributed by atoms with Crippen LogP contribution < -0.4 is 25.1 Å². The summed E-state index contributed by atoms with van der Waals surface area (Å²) >= 11 is 5.93. The Morgan fingerprint density at radius 1 is 1.04 bits per heavy atom. The van der Waals surface area contributed by atoms with Crippen molar-refractivity contribution in [2.45, 2.75) is 6.92 Å². The van der Waals surface area contributed by atoms with Crippen LogP contribution in [0, 0.1) is 6.92 Å². The zero-order chi connectivity index (χ0) is 20.5. The molecule has 2 amide bonds. The highest BCUT2D eigenvalue weighted by atomic mass is 35.5. The van der Waals surface area contributed by atoms with Crippen molar-refractivity contribution in [3.63, 3.8) is 0 Å². The number of halogens is 1. The number of hydrazine groups is 1. The lowest BCUT2D eigenvalue weighted by atomic mass is 10.2. The first-order chi connectivity index (χ1) is 13.4. The van der Waals surface area contributed by atoms with Crippen LogP contribution in [-0.4, -0.2) is 32.6 Å². The number of benzene rings is 2. The van der Waals surface area contributed by atoms with E-state index in [-0.39, 0.29) is 6.61 Å². The number of carbonyl (C=O) groups excluding carboxylic acids is 2. The topological polar surface area (TPSA) is 85.9 Å². The second kappa shape index (κ2) is 10.2. The van der Waals surface area contributed by atoms with Gasteiger partial charge in [-0.25, -0.2) is 0 Å². The molecule has 2 N–H and O–H groups in total. The van der Waals surface area contributed by atoms with Crippen LogP contribution in [0.25, 0.3) is 6.08 Å². The van der Waals surface area contributed by atoms with Crippen LogP contribution in [0.3, 0.4) is 0 Å². The Bertz CT molecular complexity index is 883. The number of nitrogens with one attached hydrogen (secondary N) is 2. The maximum absolute atomic E-state index is 11.8. The molecule has 0 saturated heterocycles. The summed E-state index contributed by atoms with van der Waals surface area (Å²) in [4.78, 5) is 23.6. The van der Waals surface area contributed by atoms with Crippen LogP contribution in [0.15, 0.2) is 42.5 Å². The molecule has 0 aliphatic carbocycles. The highest BCUT2D eigenvalue weighted by Gasteiger charge is 2.06. The van der Waals surface area contributed by atoms with Crippen LogP contribution in [0.1, 0.15) is 11.1 Å². The van der Waals surface area contributed by atoms with E-state index in [4.69, 9.17) is 25.8 Å². The van der Waals surface area contributed by atoms with E-state index in [1.54, 1.807) is 49.6 Å². The Hall–Kier alpha value is -3.19. The molecule has 2 aromatic rings. The SMILES string of the molecule is COc1ccc(C=CC(=O)NNC(=O)COc2ccc(Cl)c(C)c2)cc1OC. The second-order valence-electron chi connectivity index (χ2n) is 5.68. The van der Waals surface area contributed by atoms with E-state index in [0.717, 1.165) is 11.1 Å². The minimum Gasteiger partial charge on any atom is -0.493 e. The predicted octanol–water partition coefficient (Wildman–Crippen LogP) is 2.91. The van der Waals surface area contributed by atoms with E-state index in [2.05, 4.69) is 10.9 Å². The maximum atomic E-state index is 11.8. The van der Waals surface area contributed by atoms with E-state index in [1.165, 1.54) is 13.2 Å². The molecular formula is C20H21ClN2O5. The Labute approximate surface area is 168 Å². The van der Waals surface area contributed by atoms with Crippen LogP contribution in [0.2, 0.25) is 5.02 Å². The molecular weight excluding hydrogens is 384 g/mol. The molecule has 0 atom stereocenters. The largest absolute Gasteiger partial charge is 0.493 e. The lowest BCUT2D eigenvalue weighted by Crippen LogP contribution is -2.43. The fourth-order valence-corrected chi connectivity index (χ4v) is 2.31. The minimum atomic E-state index is -0.500. The van der Waals surface area contributed by atoms with Gasteiger partial charge in [0.1, 0.15) is 5.75 Å². The van der Waals surface area contributed by atoms with Gasteiger partial charge in [-0.05, 0) is 54.5 Å². The summed E-state index contributed by atoms with van der Waals surface area (Å²) in [5.41, 5.74) is 6.13. The van der Waals surface area contributed by atoms with Gasteiger partial charge in [-0.1, -0.05) is 17.7 Å². The predicted molar refractivity (Wildman–Crippen MR) is 107 cm³/mol. The van der Waals surface area contributed by atoms with Crippen LogP contribution in [0.4, 0.5) is 0 Å². The molecule has 0 fully saturated rings. The normalized spacial score (nSPS) is 10.4. The number of methoxy groups -OCH3 is 2. The highest BCUT2D eigenvalue weighted by Crippen LogP contribution is 2.27. The van der Waals surface area contributed by atoms with Crippen molar-refractivity contribution in [2.24, 2.45) is 0 Å². The van der Waals surface area contributed by atoms with Crippen molar-refractivity contribution >= 4 is 29.5 Å². The third-order valence-corrected chi connectivity index (χ3v) is 4.08. The molecule has 0 spiro atoms. The molecule has 0 heterocycles. The molecule has 0 aliphatic heterocycles. The molecule has 0 aliphatic rings. The minimum absolute atomic E-state index is 0.249. The second-order valence-corrected chi connectivity index (χ2v) is 6.09. The van der Waals surface area contributed by atoms with Gasteiger partial charge in [-0.2, -0.15) is 0 Å². The van der Waals surface area contributed by atoms with Gasteiger partial charge in [-0.15, -0.1) is 0 Å². The van der Waals surface area contributed by atoms with Crippen LogP contribution in [-0.2, 0) is 9.59 Å². The van der Waals surface area contributed by atoms with Crippen molar-refractivity contribution in [3.05, 3.63) is 58.6 Å². The van der Waals surface area contributed by atoms with Gasteiger partial charge >= 0.3 is 0 Å². The summed E-state index contributed by atoms with van der Waals surface area (Å²) in [7, 11) is 3.07. The van der Waals surface area contributed by atoms with Gasteiger partial charge in [0.05, 0.1) is 14.2 Å². The number of hydrogen-bond donors (Lipinski definition) is 2. The van der Waals surface area contributed by atoms with E-state index in [0.29, 0.717) is 22.3 Å². The first-order valence-electron chi connectivity index (χ1n) is 8.31. The molecule has 7 nitrogen and oxygen atoms in total. The Balaban J connectivity index is 1.80. The maximum Gasteiger partial charge on any atom is 0.276 e. The molecule has 0 aromatic heterocycles. The quantitative estimate of drug-likeness (QED) is 0.547. The molecule has 0 bridgehead atoms. The lowest BCUT2D eigenvalue weighted by Gasteiger charge is -2.09. The van der Waals surface area contributed by atoms with Gasteiger partial charge in [0, 0.05) is 11.1 Å². The van der Waals surface area contributed by atoms with Gasteiger partial charge < -0.3 is 14.2 Å². The van der Waals surface area contributed by atoms with Crippen molar-refractivity contribution in [1.82, 2.24) is 10.9 Å². The van der Waals surface area contributed by atoms with E-state index >= 15 is 0 Å². The Morgan fingerprint density at radius 3 is 2.46 bits per heavy atom. The number of amides is 2. The number of rotatable bonds is 7. The lowest BCUT2D eigenvalue weighted by molar-refractivity contribution is -0.128. The summed E-state index contributed by atoms with van der Waals surface area (Å²) in [5, 5.41) is 0.616. The first kappa shape index (κ1) is 21.1. The molecule has 8 heteroatoms. The van der Waals surface area contributed by atoms with Gasteiger partial charge in [0.2, 0.25) is 0 Å². The number of carbonyl (C=O) groups is 2. The number of aryl methyl sites for hydroxylation is 1. The van der Waals surface area contributed by atoms with E-state index < -0.39 is 11.8 Å². The van der Waals surface area contributed by atoms with Crippen molar-refractivity contribution < 1.29 is 23.8 Å². The zero-order valence-electron chi connectivity index (χ0n) is 15.7. The smallest absolute Gasteiger partial charge is 0.276 e. The van der Waals surface area contributed by atoms with E-state index in [1.807, 2.05) is 6.92 Å². The van der Waals surface area contributed by atoms with Gasteiger partial charge in [0.25, 0.3) is 11.8 Å². The molecule has 2 aromatic carbocycles.